The zero-order valence-electron chi connectivity index (χ0n) is 11.1. The molecule has 2 N–H and O–H groups in total. The number of primary amides is 1. The Morgan fingerprint density at radius 2 is 1.94 bits per heavy atom. The van der Waals surface area contributed by atoms with Crippen LogP contribution in [0.15, 0.2) is 18.2 Å². The first-order chi connectivity index (χ1) is 8.61. The summed E-state index contributed by atoms with van der Waals surface area (Å²) in [5.41, 5.74) is 8.08. The third-order valence-electron chi connectivity index (χ3n) is 3.66. The molecule has 4 heteroatoms. The Labute approximate surface area is 108 Å². The minimum absolute atomic E-state index is 0.352. The van der Waals surface area contributed by atoms with Crippen molar-refractivity contribution in [2.75, 3.05) is 37.6 Å². The first-order valence-electron chi connectivity index (χ1n) is 6.49. The minimum Gasteiger partial charge on any atom is -0.369 e. The fourth-order valence-electron chi connectivity index (χ4n) is 2.44. The standard InChI is InChI=1S/C14H21N3O/c1-3-16-6-8-17(9-7-16)12-4-5-13(14(15)18)11(2)10-12/h4-5,10H,3,6-9H2,1-2H3,(H2,15,18). The van der Waals surface area contributed by atoms with E-state index < -0.39 is 0 Å². The first-order valence-corrected chi connectivity index (χ1v) is 6.49. The Balaban J connectivity index is 2.11. The van der Waals surface area contributed by atoms with Crippen molar-refractivity contribution < 1.29 is 4.79 Å². The Hall–Kier alpha value is -1.55. The smallest absolute Gasteiger partial charge is 0.248 e. The normalized spacial score (nSPS) is 16.9. The summed E-state index contributed by atoms with van der Waals surface area (Å²) < 4.78 is 0. The maximum absolute atomic E-state index is 11.2. The Morgan fingerprint density at radius 1 is 1.28 bits per heavy atom. The molecule has 0 atom stereocenters. The van der Waals surface area contributed by atoms with E-state index in [0.29, 0.717) is 5.56 Å². The van der Waals surface area contributed by atoms with Gasteiger partial charge in [-0.15, -0.1) is 0 Å². The van der Waals surface area contributed by atoms with Crippen molar-refractivity contribution >= 4 is 11.6 Å². The lowest BCUT2D eigenvalue weighted by molar-refractivity contribution is 0.0999. The van der Waals surface area contributed by atoms with Crippen molar-refractivity contribution in [2.45, 2.75) is 13.8 Å². The second-order valence-corrected chi connectivity index (χ2v) is 4.78. The lowest BCUT2D eigenvalue weighted by atomic mass is 10.1. The average molecular weight is 247 g/mol. The molecule has 0 aromatic heterocycles. The monoisotopic (exact) mass is 247 g/mol. The summed E-state index contributed by atoms with van der Waals surface area (Å²) in [4.78, 5) is 16.0. The van der Waals surface area contributed by atoms with E-state index in [1.54, 1.807) is 0 Å². The molecule has 1 aromatic carbocycles. The van der Waals surface area contributed by atoms with Crippen molar-refractivity contribution in [1.82, 2.24) is 4.90 Å². The van der Waals surface area contributed by atoms with Crippen LogP contribution in [0.3, 0.4) is 0 Å². The molecule has 1 aliphatic rings. The van der Waals surface area contributed by atoms with Gasteiger partial charge in [0.05, 0.1) is 0 Å². The molecule has 4 nitrogen and oxygen atoms in total. The van der Waals surface area contributed by atoms with Crippen LogP contribution >= 0.6 is 0 Å². The number of hydrogen-bond acceptors (Lipinski definition) is 3. The SMILES string of the molecule is CCN1CCN(c2ccc(C(N)=O)c(C)c2)CC1. The molecule has 0 unspecified atom stereocenters. The van der Waals surface area contributed by atoms with Gasteiger partial charge in [0.15, 0.2) is 0 Å². The predicted molar refractivity (Wildman–Crippen MR) is 74.0 cm³/mol. The molecule has 0 aliphatic carbocycles. The van der Waals surface area contributed by atoms with E-state index in [-0.39, 0.29) is 5.91 Å². The number of benzene rings is 1. The second-order valence-electron chi connectivity index (χ2n) is 4.78. The number of amides is 1. The summed E-state index contributed by atoms with van der Waals surface area (Å²) >= 11 is 0. The van der Waals surface area contributed by atoms with E-state index in [2.05, 4.69) is 22.8 Å². The number of carbonyl (C=O) groups excluding carboxylic acids is 1. The number of rotatable bonds is 3. The van der Waals surface area contributed by atoms with Gasteiger partial charge in [0.25, 0.3) is 0 Å². The molecule has 2 rings (SSSR count). The van der Waals surface area contributed by atoms with Crippen LogP contribution in [0.1, 0.15) is 22.8 Å². The third-order valence-corrected chi connectivity index (χ3v) is 3.66. The summed E-state index contributed by atoms with van der Waals surface area (Å²) in [7, 11) is 0. The highest BCUT2D eigenvalue weighted by Gasteiger charge is 2.16. The summed E-state index contributed by atoms with van der Waals surface area (Å²) in [6, 6.07) is 5.88. The number of hydrogen-bond donors (Lipinski definition) is 1. The van der Waals surface area contributed by atoms with Crippen LogP contribution in [0.4, 0.5) is 5.69 Å². The molecule has 0 saturated carbocycles. The molecule has 0 spiro atoms. The van der Waals surface area contributed by atoms with Gasteiger partial charge >= 0.3 is 0 Å². The Morgan fingerprint density at radius 3 is 2.44 bits per heavy atom. The van der Waals surface area contributed by atoms with Crippen LogP contribution < -0.4 is 10.6 Å². The van der Waals surface area contributed by atoms with E-state index in [0.717, 1.165) is 38.3 Å². The zero-order chi connectivity index (χ0) is 13.1. The van der Waals surface area contributed by atoms with Crippen LogP contribution in [-0.4, -0.2) is 43.5 Å². The number of nitrogens with two attached hydrogens (primary N) is 1. The van der Waals surface area contributed by atoms with Gasteiger partial charge in [0.1, 0.15) is 0 Å². The molecule has 1 fully saturated rings. The highest BCUT2D eigenvalue weighted by atomic mass is 16.1. The second kappa shape index (κ2) is 5.40. The maximum atomic E-state index is 11.2. The van der Waals surface area contributed by atoms with E-state index >= 15 is 0 Å². The van der Waals surface area contributed by atoms with Gasteiger partial charge in [-0.25, -0.2) is 0 Å². The Kier molecular flexibility index (Phi) is 3.87. The van der Waals surface area contributed by atoms with E-state index in [4.69, 9.17) is 5.73 Å². The van der Waals surface area contributed by atoms with Gasteiger partial charge in [-0.05, 0) is 37.2 Å². The van der Waals surface area contributed by atoms with Gasteiger partial charge in [0, 0.05) is 37.4 Å². The van der Waals surface area contributed by atoms with Crippen LogP contribution in [0.25, 0.3) is 0 Å². The van der Waals surface area contributed by atoms with Crippen LogP contribution in [0.5, 0.6) is 0 Å². The molecule has 1 aliphatic heterocycles. The van der Waals surface area contributed by atoms with E-state index in [9.17, 15) is 4.79 Å². The lowest BCUT2D eigenvalue weighted by Gasteiger charge is -2.35. The lowest BCUT2D eigenvalue weighted by Crippen LogP contribution is -2.46. The van der Waals surface area contributed by atoms with E-state index in [1.165, 1.54) is 5.69 Å². The number of nitrogens with zero attached hydrogens (tertiary/aromatic N) is 2. The van der Waals surface area contributed by atoms with Gasteiger partial charge in [-0.2, -0.15) is 0 Å². The molecule has 1 aromatic rings. The quantitative estimate of drug-likeness (QED) is 0.874. The summed E-state index contributed by atoms with van der Waals surface area (Å²) in [5, 5.41) is 0. The summed E-state index contributed by atoms with van der Waals surface area (Å²) in [6.45, 7) is 9.55. The molecule has 1 saturated heterocycles. The average Bonchev–Trinajstić information content (AvgIpc) is 2.38. The highest BCUT2D eigenvalue weighted by Crippen LogP contribution is 2.20. The van der Waals surface area contributed by atoms with Gasteiger partial charge < -0.3 is 15.5 Å². The number of anilines is 1. The van der Waals surface area contributed by atoms with E-state index in [1.807, 2.05) is 19.1 Å². The summed E-state index contributed by atoms with van der Waals surface area (Å²) in [6.07, 6.45) is 0. The molecular formula is C14H21N3O. The fourth-order valence-corrected chi connectivity index (χ4v) is 2.44. The van der Waals surface area contributed by atoms with Crippen LogP contribution in [-0.2, 0) is 0 Å². The van der Waals surface area contributed by atoms with Crippen molar-refractivity contribution in [1.29, 1.82) is 0 Å². The summed E-state index contributed by atoms with van der Waals surface area (Å²) in [5.74, 6) is -0.352. The van der Waals surface area contributed by atoms with Gasteiger partial charge in [0.2, 0.25) is 5.91 Å². The largest absolute Gasteiger partial charge is 0.369 e. The predicted octanol–water partition coefficient (Wildman–Crippen LogP) is 1.24. The van der Waals surface area contributed by atoms with Crippen molar-refractivity contribution in [3.8, 4) is 0 Å². The molecular weight excluding hydrogens is 226 g/mol. The molecule has 18 heavy (non-hydrogen) atoms. The Bertz CT molecular complexity index is 437. The van der Waals surface area contributed by atoms with Crippen molar-refractivity contribution in [2.24, 2.45) is 5.73 Å². The number of aryl methyl sites for hydroxylation is 1. The van der Waals surface area contributed by atoms with Crippen molar-refractivity contribution in [3.63, 3.8) is 0 Å². The number of piperazine rings is 1. The highest BCUT2D eigenvalue weighted by molar-refractivity contribution is 5.94. The molecule has 0 radical (unpaired) electrons. The van der Waals surface area contributed by atoms with Crippen LogP contribution in [0.2, 0.25) is 0 Å². The van der Waals surface area contributed by atoms with Crippen molar-refractivity contribution in [3.05, 3.63) is 29.3 Å². The maximum Gasteiger partial charge on any atom is 0.248 e. The van der Waals surface area contributed by atoms with Crippen LogP contribution in [0, 0.1) is 6.92 Å². The zero-order valence-corrected chi connectivity index (χ0v) is 11.1. The number of likely N-dealkylation sites (N-methyl/N-ethyl adjacent to an activating group) is 1. The van der Waals surface area contributed by atoms with Gasteiger partial charge in [-0.1, -0.05) is 6.92 Å². The third kappa shape index (κ3) is 2.64. The first kappa shape index (κ1) is 12.9. The molecule has 98 valence electrons. The topological polar surface area (TPSA) is 49.6 Å². The van der Waals surface area contributed by atoms with Gasteiger partial charge in [-0.3, -0.25) is 4.79 Å². The molecule has 0 bridgehead atoms. The molecule has 1 amide bonds. The fraction of sp³-hybridized carbons (Fsp3) is 0.500. The number of carbonyl (C=O) groups is 1. The minimum atomic E-state index is -0.352. The molecule has 1 heterocycles.